The molecule has 1 aromatic rings. The van der Waals surface area contributed by atoms with Crippen molar-refractivity contribution in [1.29, 1.82) is 0 Å². The molecule has 1 aliphatic heterocycles. The van der Waals surface area contributed by atoms with Gasteiger partial charge in [-0.3, -0.25) is 0 Å². The van der Waals surface area contributed by atoms with Crippen LogP contribution < -0.4 is 14.8 Å². The highest BCUT2D eigenvalue weighted by molar-refractivity contribution is 5.85. The van der Waals surface area contributed by atoms with Crippen molar-refractivity contribution in [2.45, 2.75) is 58.4 Å². The van der Waals surface area contributed by atoms with Crippen LogP contribution >= 0.6 is 12.4 Å². The maximum absolute atomic E-state index is 5.83. The summed E-state index contributed by atoms with van der Waals surface area (Å²) >= 11 is 0. The molecule has 0 spiro atoms. The molecule has 0 fully saturated rings. The second-order valence-corrected chi connectivity index (χ2v) is 6.43. The molecule has 1 N–H and O–H groups in total. The molecule has 3 nitrogen and oxygen atoms in total. The van der Waals surface area contributed by atoms with Crippen molar-refractivity contribution in [2.24, 2.45) is 0 Å². The Labute approximate surface area is 152 Å². The molecular weight excluding hydrogens is 322 g/mol. The molecular formula is C20H30ClNO2. The molecule has 1 aliphatic carbocycles. The first-order chi connectivity index (χ1) is 11.3. The minimum absolute atomic E-state index is 0. The van der Waals surface area contributed by atoms with E-state index in [0.717, 1.165) is 30.9 Å². The van der Waals surface area contributed by atoms with Gasteiger partial charge in [0.05, 0.1) is 13.2 Å². The SMILES string of the molecule is CCOc1cc2c(cc1OCC)C(CC1=CCCCC1)NCC2.Cl. The third-order valence-electron chi connectivity index (χ3n) is 4.82. The van der Waals surface area contributed by atoms with Crippen LogP contribution in [0.1, 0.15) is 63.1 Å². The summed E-state index contributed by atoms with van der Waals surface area (Å²) in [5.41, 5.74) is 4.43. The van der Waals surface area contributed by atoms with Crippen LogP contribution in [0.15, 0.2) is 23.8 Å². The summed E-state index contributed by atoms with van der Waals surface area (Å²) in [6, 6.07) is 4.83. The first-order valence-corrected chi connectivity index (χ1v) is 9.15. The van der Waals surface area contributed by atoms with E-state index in [-0.39, 0.29) is 12.4 Å². The highest BCUT2D eigenvalue weighted by Crippen LogP contribution is 2.38. The van der Waals surface area contributed by atoms with Gasteiger partial charge in [0.1, 0.15) is 0 Å². The molecule has 24 heavy (non-hydrogen) atoms. The molecule has 0 saturated heterocycles. The quantitative estimate of drug-likeness (QED) is 0.733. The van der Waals surface area contributed by atoms with Gasteiger partial charge in [-0.2, -0.15) is 0 Å². The van der Waals surface area contributed by atoms with Gasteiger partial charge in [0.25, 0.3) is 0 Å². The number of halogens is 1. The first kappa shape index (κ1) is 19.1. The van der Waals surface area contributed by atoms with Gasteiger partial charge in [0.15, 0.2) is 11.5 Å². The zero-order valence-corrected chi connectivity index (χ0v) is 15.7. The van der Waals surface area contributed by atoms with Gasteiger partial charge in [-0.25, -0.2) is 0 Å². The summed E-state index contributed by atoms with van der Waals surface area (Å²) in [7, 11) is 0. The monoisotopic (exact) mass is 351 g/mol. The molecule has 134 valence electrons. The standard InChI is InChI=1S/C20H29NO2.ClH/c1-3-22-19-13-16-10-11-21-18(12-15-8-6-5-7-9-15)17(16)14-20(19)23-4-2;/h8,13-14,18,21H,3-7,9-12H2,1-2H3;1H. The van der Waals surface area contributed by atoms with Gasteiger partial charge in [0.2, 0.25) is 0 Å². The smallest absolute Gasteiger partial charge is 0.161 e. The van der Waals surface area contributed by atoms with Crippen LogP contribution in [0, 0.1) is 0 Å². The maximum Gasteiger partial charge on any atom is 0.161 e. The molecule has 2 aliphatic rings. The van der Waals surface area contributed by atoms with Gasteiger partial charge in [0, 0.05) is 6.04 Å². The molecule has 0 saturated carbocycles. The van der Waals surface area contributed by atoms with Crippen molar-refractivity contribution < 1.29 is 9.47 Å². The minimum atomic E-state index is 0. The third-order valence-corrected chi connectivity index (χ3v) is 4.82. The van der Waals surface area contributed by atoms with Crippen LogP contribution in [0.25, 0.3) is 0 Å². The molecule has 4 heteroatoms. The van der Waals surface area contributed by atoms with Crippen LogP contribution in [0.3, 0.4) is 0 Å². The molecule has 0 bridgehead atoms. The van der Waals surface area contributed by atoms with Crippen LogP contribution in [-0.4, -0.2) is 19.8 Å². The molecule has 1 heterocycles. The van der Waals surface area contributed by atoms with E-state index in [1.165, 1.54) is 36.8 Å². The number of nitrogens with one attached hydrogen (secondary N) is 1. The molecule has 1 aromatic carbocycles. The van der Waals surface area contributed by atoms with Crippen molar-refractivity contribution >= 4 is 12.4 Å². The van der Waals surface area contributed by atoms with Gasteiger partial charge in [-0.05, 0) is 82.2 Å². The van der Waals surface area contributed by atoms with Crippen molar-refractivity contribution in [3.63, 3.8) is 0 Å². The second-order valence-electron chi connectivity index (χ2n) is 6.43. The molecule has 3 rings (SSSR count). The summed E-state index contributed by atoms with van der Waals surface area (Å²) in [6.07, 6.45) is 9.87. The van der Waals surface area contributed by atoms with Crippen molar-refractivity contribution in [1.82, 2.24) is 5.32 Å². The number of ether oxygens (including phenoxy) is 2. The van der Waals surface area contributed by atoms with Crippen molar-refractivity contribution in [3.8, 4) is 11.5 Å². The van der Waals surface area contributed by atoms with E-state index in [0.29, 0.717) is 19.3 Å². The van der Waals surface area contributed by atoms with E-state index >= 15 is 0 Å². The molecule has 1 unspecified atom stereocenters. The summed E-state index contributed by atoms with van der Waals surface area (Å²) in [6.45, 7) is 6.44. The lowest BCUT2D eigenvalue weighted by molar-refractivity contribution is 0.286. The van der Waals surface area contributed by atoms with E-state index in [1.54, 1.807) is 5.57 Å². The molecule has 0 aromatic heterocycles. The van der Waals surface area contributed by atoms with Gasteiger partial charge in [-0.1, -0.05) is 11.6 Å². The fraction of sp³-hybridized carbons (Fsp3) is 0.600. The average molecular weight is 352 g/mol. The molecule has 1 atom stereocenters. The van der Waals surface area contributed by atoms with E-state index in [2.05, 4.69) is 23.5 Å². The Kier molecular flexibility index (Phi) is 7.44. The third kappa shape index (κ3) is 4.46. The fourth-order valence-corrected chi connectivity index (χ4v) is 3.72. The fourth-order valence-electron chi connectivity index (χ4n) is 3.72. The van der Waals surface area contributed by atoms with Crippen LogP contribution in [0.2, 0.25) is 0 Å². The number of fused-ring (bicyclic) bond motifs is 1. The Morgan fingerprint density at radius 1 is 1.04 bits per heavy atom. The largest absolute Gasteiger partial charge is 0.490 e. The highest BCUT2D eigenvalue weighted by atomic mass is 35.5. The lowest BCUT2D eigenvalue weighted by Gasteiger charge is -2.30. The van der Waals surface area contributed by atoms with Gasteiger partial charge in [-0.15, -0.1) is 12.4 Å². The summed E-state index contributed by atoms with van der Waals surface area (Å²) in [4.78, 5) is 0. The Bertz CT molecular complexity index is 571. The summed E-state index contributed by atoms with van der Waals surface area (Å²) < 4.78 is 11.6. The maximum atomic E-state index is 5.83. The predicted molar refractivity (Wildman–Crippen MR) is 102 cm³/mol. The minimum Gasteiger partial charge on any atom is -0.490 e. The van der Waals surface area contributed by atoms with Crippen LogP contribution in [0.4, 0.5) is 0 Å². The van der Waals surface area contributed by atoms with Crippen molar-refractivity contribution in [3.05, 3.63) is 34.9 Å². The zero-order valence-electron chi connectivity index (χ0n) is 14.9. The predicted octanol–water partition coefficient (Wildman–Crippen LogP) is 4.98. The number of benzene rings is 1. The highest BCUT2D eigenvalue weighted by Gasteiger charge is 2.24. The lowest BCUT2D eigenvalue weighted by Crippen LogP contribution is -2.30. The van der Waals surface area contributed by atoms with E-state index in [9.17, 15) is 0 Å². The van der Waals surface area contributed by atoms with E-state index in [4.69, 9.17) is 9.47 Å². The number of rotatable bonds is 6. The number of hydrogen-bond acceptors (Lipinski definition) is 3. The average Bonchev–Trinajstić information content (AvgIpc) is 2.57. The molecule has 0 radical (unpaired) electrons. The zero-order chi connectivity index (χ0) is 16.1. The molecule has 0 amide bonds. The normalized spacial score (nSPS) is 19.8. The Hall–Kier alpha value is -1.19. The second kappa shape index (κ2) is 9.33. The summed E-state index contributed by atoms with van der Waals surface area (Å²) in [5, 5.41) is 3.71. The van der Waals surface area contributed by atoms with Crippen LogP contribution in [-0.2, 0) is 6.42 Å². The van der Waals surface area contributed by atoms with E-state index < -0.39 is 0 Å². The number of hydrogen-bond donors (Lipinski definition) is 1. The number of allylic oxidation sites excluding steroid dienone is 1. The van der Waals surface area contributed by atoms with Crippen LogP contribution in [0.5, 0.6) is 11.5 Å². The Morgan fingerprint density at radius 3 is 2.46 bits per heavy atom. The van der Waals surface area contributed by atoms with E-state index in [1.807, 2.05) is 13.8 Å². The topological polar surface area (TPSA) is 30.5 Å². The summed E-state index contributed by atoms with van der Waals surface area (Å²) in [5.74, 6) is 1.78. The lowest BCUT2D eigenvalue weighted by atomic mass is 9.87. The van der Waals surface area contributed by atoms with Crippen molar-refractivity contribution in [2.75, 3.05) is 19.8 Å². The van der Waals surface area contributed by atoms with Gasteiger partial charge >= 0.3 is 0 Å². The Balaban J connectivity index is 0.00000208. The Morgan fingerprint density at radius 2 is 1.79 bits per heavy atom. The first-order valence-electron chi connectivity index (χ1n) is 9.15. The van der Waals surface area contributed by atoms with Gasteiger partial charge < -0.3 is 14.8 Å².